The Labute approximate surface area is 85.0 Å². The SMILES string of the molecule is COc1cc(F)c(Br)cc1CCN. The third kappa shape index (κ3) is 2.42. The minimum absolute atomic E-state index is 0.322. The highest BCUT2D eigenvalue weighted by atomic mass is 79.9. The van der Waals surface area contributed by atoms with E-state index in [1.54, 1.807) is 6.07 Å². The quantitative estimate of drug-likeness (QED) is 0.888. The van der Waals surface area contributed by atoms with Crippen LogP contribution in [-0.4, -0.2) is 13.7 Å². The Hall–Kier alpha value is -0.610. The summed E-state index contributed by atoms with van der Waals surface area (Å²) >= 11 is 3.11. The monoisotopic (exact) mass is 247 g/mol. The van der Waals surface area contributed by atoms with Crippen LogP contribution in [0.5, 0.6) is 5.75 Å². The normalized spacial score (nSPS) is 10.2. The maximum atomic E-state index is 13.0. The van der Waals surface area contributed by atoms with Gasteiger partial charge < -0.3 is 10.5 Å². The van der Waals surface area contributed by atoms with Crippen LogP contribution in [0.2, 0.25) is 0 Å². The first-order chi connectivity index (χ1) is 6.19. The zero-order chi connectivity index (χ0) is 9.84. The van der Waals surface area contributed by atoms with Crippen molar-refractivity contribution < 1.29 is 9.13 Å². The van der Waals surface area contributed by atoms with Gasteiger partial charge in [0.2, 0.25) is 0 Å². The van der Waals surface area contributed by atoms with E-state index in [1.807, 2.05) is 0 Å². The average Bonchev–Trinajstić information content (AvgIpc) is 2.11. The van der Waals surface area contributed by atoms with E-state index < -0.39 is 0 Å². The van der Waals surface area contributed by atoms with Crippen LogP contribution >= 0.6 is 15.9 Å². The molecule has 0 heterocycles. The second-order valence-corrected chi connectivity index (χ2v) is 3.47. The molecule has 2 N–H and O–H groups in total. The number of rotatable bonds is 3. The fourth-order valence-corrected chi connectivity index (χ4v) is 1.50. The third-order valence-corrected chi connectivity index (χ3v) is 2.34. The molecule has 0 radical (unpaired) electrons. The van der Waals surface area contributed by atoms with E-state index in [-0.39, 0.29) is 5.82 Å². The molecular weight excluding hydrogens is 237 g/mol. The molecule has 0 saturated carbocycles. The van der Waals surface area contributed by atoms with Gasteiger partial charge in [-0.2, -0.15) is 0 Å². The molecule has 0 atom stereocenters. The van der Waals surface area contributed by atoms with Gasteiger partial charge in [-0.05, 0) is 40.5 Å². The van der Waals surface area contributed by atoms with Crippen LogP contribution in [0.3, 0.4) is 0 Å². The van der Waals surface area contributed by atoms with Gasteiger partial charge in [-0.1, -0.05) is 0 Å². The third-order valence-electron chi connectivity index (χ3n) is 1.74. The van der Waals surface area contributed by atoms with E-state index in [4.69, 9.17) is 10.5 Å². The zero-order valence-corrected chi connectivity index (χ0v) is 8.90. The van der Waals surface area contributed by atoms with Crippen molar-refractivity contribution in [3.63, 3.8) is 0 Å². The first-order valence-electron chi connectivity index (χ1n) is 3.91. The highest BCUT2D eigenvalue weighted by Gasteiger charge is 2.07. The molecule has 0 spiro atoms. The van der Waals surface area contributed by atoms with E-state index in [0.717, 1.165) is 5.56 Å². The lowest BCUT2D eigenvalue weighted by Gasteiger charge is -2.08. The topological polar surface area (TPSA) is 35.2 Å². The summed E-state index contributed by atoms with van der Waals surface area (Å²) in [6, 6.07) is 3.05. The number of halogens is 2. The van der Waals surface area contributed by atoms with Crippen molar-refractivity contribution in [2.24, 2.45) is 5.73 Å². The highest BCUT2D eigenvalue weighted by molar-refractivity contribution is 9.10. The standard InChI is InChI=1S/C9H11BrFNO/c1-13-9-5-8(11)7(10)4-6(9)2-3-12/h4-5H,2-3,12H2,1H3. The summed E-state index contributed by atoms with van der Waals surface area (Å²) in [4.78, 5) is 0. The van der Waals surface area contributed by atoms with Gasteiger partial charge in [-0.15, -0.1) is 0 Å². The molecule has 0 fully saturated rings. The van der Waals surface area contributed by atoms with Crippen molar-refractivity contribution in [2.75, 3.05) is 13.7 Å². The number of nitrogens with two attached hydrogens (primary N) is 1. The zero-order valence-electron chi connectivity index (χ0n) is 7.31. The van der Waals surface area contributed by atoms with E-state index in [0.29, 0.717) is 23.2 Å². The Morgan fingerprint density at radius 1 is 1.54 bits per heavy atom. The van der Waals surface area contributed by atoms with E-state index >= 15 is 0 Å². The van der Waals surface area contributed by atoms with Crippen LogP contribution in [0.25, 0.3) is 0 Å². The summed E-state index contributed by atoms with van der Waals surface area (Å²) in [5, 5.41) is 0. The first kappa shape index (κ1) is 10.5. The number of hydrogen-bond acceptors (Lipinski definition) is 2. The predicted molar refractivity (Wildman–Crippen MR) is 53.4 cm³/mol. The minimum Gasteiger partial charge on any atom is -0.496 e. The summed E-state index contributed by atoms with van der Waals surface area (Å²) in [7, 11) is 1.52. The molecule has 0 aliphatic rings. The molecule has 4 heteroatoms. The summed E-state index contributed by atoms with van der Waals surface area (Å²) in [5.41, 5.74) is 6.32. The van der Waals surface area contributed by atoms with Gasteiger partial charge in [0.1, 0.15) is 11.6 Å². The maximum absolute atomic E-state index is 13.0. The van der Waals surface area contributed by atoms with Gasteiger partial charge in [0, 0.05) is 6.07 Å². The maximum Gasteiger partial charge on any atom is 0.141 e. The number of ether oxygens (including phenoxy) is 1. The lowest BCUT2D eigenvalue weighted by atomic mass is 10.1. The van der Waals surface area contributed by atoms with Crippen molar-refractivity contribution in [3.05, 3.63) is 28.0 Å². The molecule has 0 amide bonds. The fourth-order valence-electron chi connectivity index (χ4n) is 1.11. The van der Waals surface area contributed by atoms with Crippen molar-refractivity contribution in [1.82, 2.24) is 0 Å². The van der Waals surface area contributed by atoms with Crippen molar-refractivity contribution >= 4 is 15.9 Å². The average molecular weight is 248 g/mol. The second kappa shape index (κ2) is 4.58. The van der Waals surface area contributed by atoms with E-state index in [1.165, 1.54) is 13.2 Å². The summed E-state index contributed by atoms with van der Waals surface area (Å²) in [5.74, 6) is 0.226. The molecule has 0 unspecified atom stereocenters. The summed E-state index contributed by atoms with van der Waals surface area (Å²) < 4.78 is 18.5. The van der Waals surface area contributed by atoms with E-state index in [9.17, 15) is 4.39 Å². The van der Waals surface area contributed by atoms with Crippen LogP contribution < -0.4 is 10.5 Å². The highest BCUT2D eigenvalue weighted by Crippen LogP contribution is 2.26. The van der Waals surface area contributed by atoms with Gasteiger partial charge in [-0.25, -0.2) is 4.39 Å². The minimum atomic E-state index is -0.322. The number of methoxy groups -OCH3 is 1. The first-order valence-corrected chi connectivity index (χ1v) is 4.70. The molecule has 72 valence electrons. The van der Waals surface area contributed by atoms with Gasteiger partial charge >= 0.3 is 0 Å². The van der Waals surface area contributed by atoms with Crippen LogP contribution in [0, 0.1) is 5.82 Å². The summed E-state index contributed by atoms with van der Waals surface area (Å²) in [6.07, 6.45) is 0.683. The van der Waals surface area contributed by atoms with Gasteiger partial charge in [0.15, 0.2) is 0 Å². The van der Waals surface area contributed by atoms with Crippen molar-refractivity contribution in [1.29, 1.82) is 0 Å². The van der Waals surface area contributed by atoms with Crippen LogP contribution in [0.1, 0.15) is 5.56 Å². The summed E-state index contributed by atoms with van der Waals surface area (Å²) in [6.45, 7) is 0.522. The Kier molecular flexibility index (Phi) is 3.69. The Morgan fingerprint density at radius 2 is 2.23 bits per heavy atom. The molecule has 13 heavy (non-hydrogen) atoms. The molecule has 0 bridgehead atoms. The van der Waals surface area contributed by atoms with Crippen molar-refractivity contribution in [2.45, 2.75) is 6.42 Å². The van der Waals surface area contributed by atoms with Gasteiger partial charge in [0.05, 0.1) is 11.6 Å². The lowest BCUT2D eigenvalue weighted by Crippen LogP contribution is -2.04. The molecule has 1 aromatic carbocycles. The van der Waals surface area contributed by atoms with Crippen LogP contribution in [-0.2, 0) is 6.42 Å². The molecule has 1 aromatic rings. The van der Waals surface area contributed by atoms with Crippen molar-refractivity contribution in [3.8, 4) is 5.75 Å². The Bertz CT molecular complexity index is 304. The molecule has 1 rings (SSSR count). The molecule has 0 aromatic heterocycles. The fraction of sp³-hybridized carbons (Fsp3) is 0.333. The number of benzene rings is 1. The molecular formula is C9H11BrFNO. The predicted octanol–water partition coefficient (Wildman–Crippen LogP) is 2.10. The lowest BCUT2D eigenvalue weighted by molar-refractivity contribution is 0.406. The van der Waals surface area contributed by atoms with Gasteiger partial charge in [-0.3, -0.25) is 0 Å². The Morgan fingerprint density at radius 3 is 2.77 bits per heavy atom. The molecule has 2 nitrogen and oxygen atoms in total. The Balaban J connectivity index is 3.09. The van der Waals surface area contributed by atoms with Gasteiger partial charge in [0.25, 0.3) is 0 Å². The molecule has 0 aliphatic carbocycles. The smallest absolute Gasteiger partial charge is 0.141 e. The van der Waals surface area contributed by atoms with E-state index in [2.05, 4.69) is 15.9 Å². The largest absolute Gasteiger partial charge is 0.496 e. The molecule has 0 saturated heterocycles. The second-order valence-electron chi connectivity index (χ2n) is 2.62. The number of hydrogen-bond donors (Lipinski definition) is 1. The molecule has 0 aliphatic heterocycles. The van der Waals surface area contributed by atoms with Crippen LogP contribution in [0.4, 0.5) is 4.39 Å². The van der Waals surface area contributed by atoms with Crippen LogP contribution in [0.15, 0.2) is 16.6 Å².